The number of hydrogen-bond acceptors (Lipinski definition) is 8. The SMILES string of the molecule is CN(C)c1ccc2c(C=NCc3cc(OCCN4CCOCC4)nc(N4CCOCC4)c3)c[nH]c2c1. The third-order valence-electron chi connectivity index (χ3n) is 6.66. The Morgan fingerprint density at radius 1 is 1.06 bits per heavy atom. The molecule has 0 unspecified atom stereocenters. The number of nitrogens with one attached hydrogen (secondary N) is 1. The summed E-state index contributed by atoms with van der Waals surface area (Å²) >= 11 is 0. The lowest BCUT2D eigenvalue weighted by molar-refractivity contribution is 0.0320. The Balaban J connectivity index is 1.28. The van der Waals surface area contributed by atoms with Gasteiger partial charge in [0.25, 0.3) is 0 Å². The summed E-state index contributed by atoms with van der Waals surface area (Å²) in [5, 5.41) is 1.17. The number of hydrogen-bond donors (Lipinski definition) is 1. The molecule has 4 heterocycles. The highest BCUT2D eigenvalue weighted by atomic mass is 16.5. The molecule has 2 aliphatic heterocycles. The molecule has 5 rings (SSSR count). The Hall–Kier alpha value is -3.14. The number of aromatic nitrogens is 2. The van der Waals surface area contributed by atoms with Gasteiger partial charge in [-0.1, -0.05) is 6.07 Å². The van der Waals surface area contributed by atoms with E-state index in [0.29, 0.717) is 32.2 Å². The van der Waals surface area contributed by atoms with Gasteiger partial charge in [0.15, 0.2) is 0 Å². The second kappa shape index (κ2) is 11.7. The van der Waals surface area contributed by atoms with Crippen molar-refractivity contribution < 1.29 is 14.2 Å². The molecule has 0 bridgehead atoms. The number of anilines is 2. The molecule has 0 atom stereocenters. The molecule has 1 N–H and O–H groups in total. The Labute approximate surface area is 212 Å². The summed E-state index contributed by atoms with van der Waals surface area (Å²) in [6, 6.07) is 10.6. The molecular weight excluding hydrogens is 456 g/mol. The highest BCUT2D eigenvalue weighted by Crippen LogP contribution is 2.24. The first-order chi connectivity index (χ1) is 17.7. The van der Waals surface area contributed by atoms with E-state index in [1.807, 2.05) is 32.6 Å². The van der Waals surface area contributed by atoms with Crippen LogP contribution in [-0.4, -0.2) is 101 Å². The number of aromatic amines is 1. The van der Waals surface area contributed by atoms with Crippen molar-refractivity contribution in [3.8, 4) is 5.88 Å². The van der Waals surface area contributed by atoms with Crippen LogP contribution in [0, 0.1) is 0 Å². The Bertz CT molecular complexity index is 1170. The van der Waals surface area contributed by atoms with Crippen molar-refractivity contribution in [3.05, 3.63) is 47.7 Å². The molecule has 0 saturated carbocycles. The molecule has 3 aromatic rings. The van der Waals surface area contributed by atoms with E-state index in [-0.39, 0.29) is 0 Å². The largest absolute Gasteiger partial charge is 0.476 e. The Kier molecular flexibility index (Phi) is 8.00. The van der Waals surface area contributed by atoms with Gasteiger partial charge in [0.2, 0.25) is 5.88 Å². The second-order valence-corrected chi connectivity index (χ2v) is 9.41. The smallest absolute Gasteiger partial charge is 0.215 e. The van der Waals surface area contributed by atoms with Gasteiger partial charge in [-0.2, -0.15) is 4.98 Å². The molecule has 2 fully saturated rings. The van der Waals surface area contributed by atoms with Gasteiger partial charge in [-0.05, 0) is 23.8 Å². The monoisotopic (exact) mass is 492 g/mol. The lowest BCUT2D eigenvalue weighted by Crippen LogP contribution is -2.38. The first kappa shape index (κ1) is 24.5. The van der Waals surface area contributed by atoms with Crippen LogP contribution in [0.1, 0.15) is 11.1 Å². The molecule has 0 spiro atoms. The average Bonchev–Trinajstić information content (AvgIpc) is 3.32. The summed E-state index contributed by atoms with van der Waals surface area (Å²) < 4.78 is 17.1. The number of morpholine rings is 2. The summed E-state index contributed by atoms with van der Waals surface area (Å²) in [7, 11) is 4.10. The Morgan fingerprint density at radius 3 is 2.61 bits per heavy atom. The van der Waals surface area contributed by atoms with Gasteiger partial charge in [-0.25, -0.2) is 0 Å². The first-order valence-electron chi connectivity index (χ1n) is 12.7. The highest BCUT2D eigenvalue weighted by Gasteiger charge is 2.15. The van der Waals surface area contributed by atoms with Crippen LogP contribution in [-0.2, 0) is 16.0 Å². The minimum absolute atomic E-state index is 0.558. The lowest BCUT2D eigenvalue weighted by atomic mass is 10.1. The van der Waals surface area contributed by atoms with Crippen molar-refractivity contribution in [1.29, 1.82) is 0 Å². The van der Waals surface area contributed by atoms with Crippen LogP contribution in [0.2, 0.25) is 0 Å². The molecule has 36 heavy (non-hydrogen) atoms. The maximum atomic E-state index is 6.11. The normalized spacial score (nSPS) is 17.2. The zero-order chi connectivity index (χ0) is 24.7. The maximum Gasteiger partial charge on any atom is 0.215 e. The van der Waals surface area contributed by atoms with Crippen LogP contribution in [0.15, 0.2) is 41.5 Å². The van der Waals surface area contributed by atoms with E-state index < -0.39 is 0 Å². The van der Waals surface area contributed by atoms with Crippen LogP contribution in [0.25, 0.3) is 10.9 Å². The number of aliphatic imine (C=N–C) groups is 1. The van der Waals surface area contributed by atoms with Crippen molar-refractivity contribution in [2.75, 3.05) is 89.7 Å². The van der Waals surface area contributed by atoms with Crippen molar-refractivity contribution in [1.82, 2.24) is 14.9 Å². The molecule has 2 aliphatic rings. The van der Waals surface area contributed by atoms with Gasteiger partial charge in [-0.15, -0.1) is 0 Å². The van der Waals surface area contributed by atoms with Crippen LogP contribution >= 0.6 is 0 Å². The molecule has 1 aromatic carbocycles. The number of benzene rings is 1. The predicted octanol–water partition coefficient (Wildman–Crippen LogP) is 2.80. The fourth-order valence-corrected chi connectivity index (χ4v) is 4.54. The van der Waals surface area contributed by atoms with E-state index in [0.717, 1.165) is 68.4 Å². The third kappa shape index (κ3) is 6.16. The van der Waals surface area contributed by atoms with E-state index in [1.54, 1.807) is 0 Å². The van der Waals surface area contributed by atoms with Crippen LogP contribution < -0.4 is 14.5 Å². The van der Waals surface area contributed by atoms with E-state index in [4.69, 9.17) is 24.2 Å². The average molecular weight is 493 g/mol. The molecule has 2 aromatic heterocycles. The number of rotatable bonds is 9. The summed E-state index contributed by atoms with van der Waals surface area (Å²) in [4.78, 5) is 19.7. The molecule has 0 aliphatic carbocycles. The zero-order valence-electron chi connectivity index (χ0n) is 21.3. The number of fused-ring (bicyclic) bond motifs is 1. The second-order valence-electron chi connectivity index (χ2n) is 9.41. The van der Waals surface area contributed by atoms with Gasteiger partial charge in [0, 0.05) is 87.5 Å². The van der Waals surface area contributed by atoms with Crippen LogP contribution in [0.5, 0.6) is 5.88 Å². The minimum atomic E-state index is 0.558. The van der Waals surface area contributed by atoms with E-state index in [2.05, 4.69) is 43.9 Å². The number of nitrogens with zero attached hydrogens (tertiary/aromatic N) is 5. The third-order valence-corrected chi connectivity index (χ3v) is 6.66. The summed E-state index contributed by atoms with van der Waals surface area (Å²) in [5.74, 6) is 1.58. The standard InChI is InChI=1S/C27H36N6O3/c1-31(2)23-3-4-24-22(20-29-25(24)17-23)19-28-18-21-15-26(33-8-12-35-13-9-33)30-27(16-21)36-14-7-32-5-10-34-11-6-32/h3-4,15-17,19-20,29H,5-14,18H2,1-2H3. The van der Waals surface area contributed by atoms with Gasteiger partial charge in [0.05, 0.1) is 33.0 Å². The molecule has 0 amide bonds. The summed E-state index contributed by atoms with van der Waals surface area (Å²) in [5.41, 5.74) is 4.44. The van der Waals surface area contributed by atoms with Crippen molar-refractivity contribution >= 4 is 28.6 Å². The summed E-state index contributed by atoms with van der Waals surface area (Å²) in [6.45, 7) is 8.62. The van der Waals surface area contributed by atoms with E-state index >= 15 is 0 Å². The number of H-pyrrole nitrogens is 1. The minimum Gasteiger partial charge on any atom is -0.476 e. The maximum absolute atomic E-state index is 6.11. The Morgan fingerprint density at radius 2 is 1.83 bits per heavy atom. The fraction of sp³-hybridized carbons (Fsp3) is 0.481. The zero-order valence-corrected chi connectivity index (χ0v) is 21.3. The van der Waals surface area contributed by atoms with E-state index in [9.17, 15) is 0 Å². The molecule has 9 nitrogen and oxygen atoms in total. The first-order valence-corrected chi connectivity index (χ1v) is 12.7. The molecule has 0 radical (unpaired) electrons. The topological polar surface area (TPSA) is 78.4 Å². The number of pyridine rings is 1. The molecular formula is C27H36N6O3. The summed E-state index contributed by atoms with van der Waals surface area (Å²) in [6.07, 6.45) is 3.96. The fourth-order valence-electron chi connectivity index (χ4n) is 4.54. The molecule has 192 valence electrons. The lowest BCUT2D eigenvalue weighted by Gasteiger charge is -2.28. The van der Waals surface area contributed by atoms with Crippen LogP contribution in [0.4, 0.5) is 11.5 Å². The van der Waals surface area contributed by atoms with Gasteiger partial charge in [0.1, 0.15) is 12.4 Å². The molecule has 9 heteroatoms. The van der Waals surface area contributed by atoms with Gasteiger partial charge < -0.3 is 29.0 Å². The predicted molar refractivity (Wildman–Crippen MR) is 144 cm³/mol. The number of ether oxygens (including phenoxy) is 3. The van der Waals surface area contributed by atoms with E-state index in [1.165, 1.54) is 11.1 Å². The quantitative estimate of drug-likeness (QED) is 0.460. The molecule has 2 saturated heterocycles. The highest BCUT2D eigenvalue weighted by molar-refractivity contribution is 6.00. The van der Waals surface area contributed by atoms with Gasteiger partial charge >= 0.3 is 0 Å². The van der Waals surface area contributed by atoms with Crippen LogP contribution in [0.3, 0.4) is 0 Å². The van der Waals surface area contributed by atoms with Crippen molar-refractivity contribution in [3.63, 3.8) is 0 Å². The van der Waals surface area contributed by atoms with Crippen molar-refractivity contribution in [2.24, 2.45) is 4.99 Å². The van der Waals surface area contributed by atoms with Crippen molar-refractivity contribution in [2.45, 2.75) is 6.54 Å². The van der Waals surface area contributed by atoms with Gasteiger partial charge in [-0.3, -0.25) is 9.89 Å².